The van der Waals surface area contributed by atoms with Crippen molar-refractivity contribution in [3.05, 3.63) is 76.5 Å². The molecule has 0 atom stereocenters. The number of thiophene rings is 1. The van der Waals surface area contributed by atoms with Gasteiger partial charge in [0, 0.05) is 38.4 Å². The Bertz CT molecular complexity index is 1190. The molecule has 0 aliphatic carbocycles. The molecule has 3 rings (SSSR count). The van der Waals surface area contributed by atoms with E-state index in [4.69, 9.17) is 8.92 Å². The predicted molar refractivity (Wildman–Crippen MR) is 126 cm³/mol. The Kier molecular flexibility index (Phi) is 8.21. The number of rotatable bonds is 10. The van der Waals surface area contributed by atoms with Crippen LogP contribution in [-0.2, 0) is 26.2 Å². The van der Waals surface area contributed by atoms with Crippen LogP contribution in [0.4, 0.5) is 5.69 Å². The van der Waals surface area contributed by atoms with Crippen molar-refractivity contribution in [3.8, 4) is 5.75 Å². The average Bonchev–Trinajstić information content (AvgIpc) is 3.32. The maximum atomic E-state index is 12.9. The number of amides is 2. The Balaban J connectivity index is 1.82. The lowest BCUT2D eigenvalue weighted by Crippen LogP contribution is -2.33. The number of methoxy groups -OCH3 is 1. The van der Waals surface area contributed by atoms with E-state index in [1.54, 1.807) is 48.4 Å². The fourth-order valence-electron chi connectivity index (χ4n) is 3.01. The molecular weight excluding hydrogens is 464 g/mol. The smallest absolute Gasteiger partial charge is 0.339 e. The molecule has 174 valence electrons. The molecule has 0 spiro atoms. The van der Waals surface area contributed by atoms with Crippen molar-refractivity contribution >= 4 is 39.0 Å². The Morgan fingerprint density at radius 3 is 2.39 bits per heavy atom. The van der Waals surface area contributed by atoms with Crippen LogP contribution in [0.3, 0.4) is 0 Å². The van der Waals surface area contributed by atoms with Gasteiger partial charge in [-0.05, 0) is 41.8 Å². The van der Waals surface area contributed by atoms with E-state index < -0.39 is 10.1 Å². The van der Waals surface area contributed by atoms with Gasteiger partial charge in [0.2, 0.25) is 5.91 Å². The molecule has 0 saturated heterocycles. The third-order valence-electron chi connectivity index (χ3n) is 4.58. The van der Waals surface area contributed by atoms with Crippen LogP contribution in [0.5, 0.6) is 5.75 Å². The average molecular weight is 489 g/mol. The van der Waals surface area contributed by atoms with Gasteiger partial charge in [0.1, 0.15) is 10.6 Å². The second kappa shape index (κ2) is 11.1. The van der Waals surface area contributed by atoms with E-state index in [2.05, 4.69) is 5.32 Å². The first-order valence-corrected chi connectivity index (χ1v) is 12.3. The van der Waals surface area contributed by atoms with Crippen LogP contribution in [0.15, 0.2) is 70.9 Å². The van der Waals surface area contributed by atoms with Gasteiger partial charge in [0.15, 0.2) is 0 Å². The van der Waals surface area contributed by atoms with Gasteiger partial charge < -0.3 is 19.1 Å². The Morgan fingerprint density at radius 1 is 1.03 bits per heavy atom. The summed E-state index contributed by atoms with van der Waals surface area (Å²) in [6, 6.07) is 15.9. The lowest BCUT2D eigenvalue weighted by Gasteiger charge is -2.23. The zero-order valence-electron chi connectivity index (χ0n) is 18.2. The lowest BCUT2D eigenvalue weighted by molar-refractivity contribution is -0.114. The van der Waals surface area contributed by atoms with Gasteiger partial charge in [-0.25, -0.2) is 0 Å². The summed E-state index contributed by atoms with van der Waals surface area (Å²) in [6.45, 7) is 2.18. The summed E-state index contributed by atoms with van der Waals surface area (Å²) in [7, 11) is -2.59. The molecule has 2 aromatic carbocycles. The number of hydrogen-bond donors (Lipinski definition) is 1. The molecule has 2 amide bonds. The maximum absolute atomic E-state index is 12.9. The quantitative estimate of drug-likeness (QED) is 0.436. The molecule has 8 nitrogen and oxygen atoms in total. The highest BCUT2D eigenvalue weighted by Crippen LogP contribution is 2.26. The standard InChI is InChI=1S/C23H24N2O6S2/c1-17(26)24-19-9-11-20(12-10-19)33(28,29)31-21-7-4-3-6-18(21)16-25(13-14-30-2)23(27)22-8-5-15-32-22/h3-12,15H,13-14,16H2,1-2H3,(H,24,26). The molecule has 10 heteroatoms. The summed E-state index contributed by atoms with van der Waals surface area (Å²) in [6.07, 6.45) is 0. The summed E-state index contributed by atoms with van der Waals surface area (Å²) in [5.74, 6) is -0.302. The molecule has 1 N–H and O–H groups in total. The topological polar surface area (TPSA) is 102 Å². The van der Waals surface area contributed by atoms with E-state index in [1.165, 1.54) is 42.5 Å². The summed E-state index contributed by atoms with van der Waals surface area (Å²) < 4.78 is 36.3. The second-order valence-corrected chi connectivity index (χ2v) is 9.54. The summed E-state index contributed by atoms with van der Waals surface area (Å²) in [4.78, 5) is 26.2. The summed E-state index contributed by atoms with van der Waals surface area (Å²) in [5.41, 5.74) is 1.01. The van der Waals surface area contributed by atoms with Gasteiger partial charge in [-0.2, -0.15) is 8.42 Å². The van der Waals surface area contributed by atoms with E-state index in [0.717, 1.165) is 0 Å². The Labute approximate surface area is 196 Å². The Hall–Kier alpha value is -3.21. The van der Waals surface area contributed by atoms with Gasteiger partial charge >= 0.3 is 10.1 Å². The van der Waals surface area contributed by atoms with E-state index in [0.29, 0.717) is 29.3 Å². The number of para-hydroxylation sites is 1. The van der Waals surface area contributed by atoms with Crippen molar-refractivity contribution in [1.82, 2.24) is 4.90 Å². The third-order valence-corrected chi connectivity index (χ3v) is 6.69. The van der Waals surface area contributed by atoms with E-state index in [-0.39, 0.29) is 29.0 Å². The van der Waals surface area contributed by atoms with Crippen LogP contribution in [0, 0.1) is 0 Å². The minimum Gasteiger partial charge on any atom is -0.383 e. The van der Waals surface area contributed by atoms with Gasteiger partial charge in [0.25, 0.3) is 5.91 Å². The first-order chi connectivity index (χ1) is 15.8. The summed E-state index contributed by atoms with van der Waals surface area (Å²) >= 11 is 1.33. The number of anilines is 1. The second-order valence-electron chi connectivity index (χ2n) is 7.05. The van der Waals surface area contributed by atoms with Gasteiger partial charge in [-0.1, -0.05) is 24.3 Å². The molecule has 0 unspecified atom stereocenters. The van der Waals surface area contributed by atoms with Crippen molar-refractivity contribution in [2.75, 3.05) is 25.6 Å². The highest BCUT2D eigenvalue weighted by molar-refractivity contribution is 7.87. The first kappa shape index (κ1) is 24.4. The van der Waals surface area contributed by atoms with Crippen LogP contribution < -0.4 is 9.50 Å². The SMILES string of the molecule is COCCN(Cc1ccccc1OS(=O)(=O)c1ccc(NC(C)=O)cc1)C(=O)c1cccs1. The third kappa shape index (κ3) is 6.64. The van der Waals surface area contributed by atoms with E-state index in [9.17, 15) is 18.0 Å². The maximum Gasteiger partial charge on any atom is 0.339 e. The lowest BCUT2D eigenvalue weighted by atomic mass is 10.2. The van der Waals surface area contributed by atoms with Crippen molar-refractivity contribution in [2.24, 2.45) is 0 Å². The molecule has 0 fully saturated rings. The van der Waals surface area contributed by atoms with E-state index >= 15 is 0 Å². The minimum absolute atomic E-state index is 0.0580. The normalized spacial score (nSPS) is 11.1. The van der Waals surface area contributed by atoms with Crippen LogP contribution in [0.2, 0.25) is 0 Å². The van der Waals surface area contributed by atoms with Gasteiger partial charge in [0.05, 0.1) is 11.5 Å². The Morgan fingerprint density at radius 2 is 1.76 bits per heavy atom. The zero-order valence-corrected chi connectivity index (χ0v) is 19.8. The predicted octanol–water partition coefficient (Wildman–Crippen LogP) is 3.76. The van der Waals surface area contributed by atoms with Crippen LogP contribution in [0.25, 0.3) is 0 Å². The monoisotopic (exact) mass is 488 g/mol. The summed E-state index contributed by atoms with van der Waals surface area (Å²) in [5, 5.41) is 4.40. The highest BCUT2D eigenvalue weighted by atomic mass is 32.2. The van der Waals surface area contributed by atoms with Crippen molar-refractivity contribution in [2.45, 2.75) is 18.4 Å². The fraction of sp³-hybridized carbons (Fsp3) is 0.217. The van der Waals surface area contributed by atoms with Gasteiger partial charge in [-0.15, -0.1) is 11.3 Å². The molecule has 1 aromatic heterocycles. The highest BCUT2D eigenvalue weighted by Gasteiger charge is 2.22. The largest absolute Gasteiger partial charge is 0.383 e. The molecule has 0 saturated carbocycles. The molecule has 0 aliphatic heterocycles. The minimum atomic E-state index is -4.14. The number of nitrogens with zero attached hydrogens (tertiary/aromatic N) is 1. The van der Waals surface area contributed by atoms with Gasteiger partial charge in [-0.3, -0.25) is 9.59 Å². The van der Waals surface area contributed by atoms with Crippen molar-refractivity contribution in [3.63, 3.8) is 0 Å². The first-order valence-electron chi connectivity index (χ1n) is 10.0. The number of carbonyl (C=O) groups excluding carboxylic acids is 2. The number of carbonyl (C=O) groups is 2. The number of benzene rings is 2. The van der Waals surface area contributed by atoms with E-state index in [1.807, 2.05) is 5.38 Å². The van der Waals surface area contributed by atoms with Crippen molar-refractivity contribution < 1.29 is 26.9 Å². The molecular formula is C23H24N2O6S2. The van der Waals surface area contributed by atoms with Crippen LogP contribution >= 0.6 is 11.3 Å². The molecule has 1 heterocycles. The molecule has 0 aliphatic rings. The number of ether oxygens (including phenoxy) is 1. The molecule has 3 aromatic rings. The number of hydrogen-bond acceptors (Lipinski definition) is 7. The molecule has 0 bridgehead atoms. The fourth-order valence-corrected chi connectivity index (χ4v) is 4.66. The van der Waals surface area contributed by atoms with Crippen molar-refractivity contribution in [1.29, 1.82) is 0 Å². The zero-order chi connectivity index (χ0) is 23.8. The number of nitrogens with one attached hydrogen (secondary N) is 1. The molecule has 33 heavy (non-hydrogen) atoms. The molecule has 0 radical (unpaired) electrons. The van der Waals surface area contributed by atoms with Crippen LogP contribution in [0.1, 0.15) is 22.2 Å². The van der Waals surface area contributed by atoms with Crippen LogP contribution in [-0.4, -0.2) is 45.4 Å².